The van der Waals surface area contributed by atoms with Gasteiger partial charge in [-0.25, -0.2) is 4.98 Å². The first-order chi connectivity index (χ1) is 11.5. The molecule has 1 saturated heterocycles. The number of hydrogen-bond acceptors (Lipinski definition) is 5. The van der Waals surface area contributed by atoms with E-state index in [1.165, 1.54) is 12.1 Å². The second-order valence-electron chi connectivity index (χ2n) is 5.72. The van der Waals surface area contributed by atoms with Gasteiger partial charge >= 0.3 is 0 Å². The van der Waals surface area contributed by atoms with E-state index in [1.54, 1.807) is 23.1 Å². The van der Waals surface area contributed by atoms with Crippen LogP contribution in [0.5, 0.6) is 0 Å². The number of nitro benzene ring substituents is 1. The van der Waals surface area contributed by atoms with E-state index in [1.807, 2.05) is 19.1 Å². The molecule has 24 heavy (non-hydrogen) atoms. The molecule has 1 aliphatic heterocycles. The molecule has 1 fully saturated rings. The Morgan fingerprint density at radius 1 is 1.08 bits per heavy atom. The van der Waals surface area contributed by atoms with E-state index in [9.17, 15) is 14.9 Å². The molecule has 0 saturated carbocycles. The Morgan fingerprint density at radius 3 is 2.33 bits per heavy atom. The fraction of sp³-hybridized carbons (Fsp3) is 0.294. The largest absolute Gasteiger partial charge is 0.368 e. The van der Waals surface area contributed by atoms with E-state index in [4.69, 9.17) is 0 Å². The van der Waals surface area contributed by atoms with E-state index in [-0.39, 0.29) is 11.6 Å². The second kappa shape index (κ2) is 6.66. The third-order valence-corrected chi connectivity index (χ3v) is 4.10. The Morgan fingerprint density at radius 2 is 1.75 bits per heavy atom. The Balaban J connectivity index is 1.63. The summed E-state index contributed by atoms with van der Waals surface area (Å²) in [6.07, 6.45) is 0. The van der Waals surface area contributed by atoms with Gasteiger partial charge in [0, 0.05) is 49.7 Å². The Kier molecular flexibility index (Phi) is 4.41. The van der Waals surface area contributed by atoms with Gasteiger partial charge in [0.15, 0.2) is 0 Å². The molecule has 0 aliphatic carbocycles. The van der Waals surface area contributed by atoms with Gasteiger partial charge in [-0.15, -0.1) is 0 Å². The highest BCUT2D eigenvalue weighted by molar-refractivity contribution is 5.92. The van der Waals surface area contributed by atoms with Crippen molar-refractivity contribution in [2.45, 2.75) is 6.92 Å². The average Bonchev–Trinajstić information content (AvgIpc) is 2.61. The number of nitro groups is 1. The van der Waals surface area contributed by atoms with Crippen LogP contribution in [0, 0.1) is 17.0 Å². The predicted octanol–water partition coefficient (Wildman–Crippen LogP) is 2.26. The van der Waals surface area contributed by atoms with Crippen LogP contribution in [0.4, 0.5) is 11.4 Å². The first-order valence-corrected chi connectivity index (χ1v) is 7.77. The van der Waals surface area contributed by atoms with Crippen molar-refractivity contribution < 1.29 is 9.72 Å². The summed E-state index contributed by atoms with van der Waals surface area (Å²) in [6.45, 7) is 4.45. The molecule has 0 radical (unpaired) electrons. The fourth-order valence-electron chi connectivity index (χ4n) is 2.78. The van der Waals surface area contributed by atoms with E-state index in [0.29, 0.717) is 31.9 Å². The number of non-ortho nitro benzene ring substituents is 1. The zero-order valence-corrected chi connectivity index (χ0v) is 13.4. The highest BCUT2D eigenvalue weighted by atomic mass is 16.6. The standard InChI is InChI=1S/C17H18N4O3/c1-13-3-2-4-16(18-13)17(22)20-11-9-19(10-12-20)14-5-7-15(8-6-14)21(23)24/h2-8H,9-12H2,1H3. The molecule has 0 spiro atoms. The van der Waals surface area contributed by atoms with Crippen LogP contribution in [-0.2, 0) is 0 Å². The molecule has 2 heterocycles. The smallest absolute Gasteiger partial charge is 0.272 e. The number of anilines is 1. The van der Waals surface area contributed by atoms with Gasteiger partial charge in [-0.1, -0.05) is 6.07 Å². The molecule has 0 N–H and O–H groups in total. The fourth-order valence-corrected chi connectivity index (χ4v) is 2.78. The van der Waals surface area contributed by atoms with Gasteiger partial charge < -0.3 is 9.80 Å². The normalized spacial score (nSPS) is 14.5. The summed E-state index contributed by atoms with van der Waals surface area (Å²) in [5.74, 6) is -0.0537. The summed E-state index contributed by atoms with van der Waals surface area (Å²) < 4.78 is 0. The molecule has 1 amide bonds. The van der Waals surface area contributed by atoms with E-state index >= 15 is 0 Å². The lowest BCUT2D eigenvalue weighted by molar-refractivity contribution is -0.384. The van der Waals surface area contributed by atoms with Crippen molar-refractivity contribution in [2.75, 3.05) is 31.1 Å². The van der Waals surface area contributed by atoms with Gasteiger partial charge in [0.25, 0.3) is 11.6 Å². The molecule has 1 aliphatic rings. The number of amides is 1. The van der Waals surface area contributed by atoms with Gasteiger partial charge in [0.2, 0.25) is 0 Å². The molecular weight excluding hydrogens is 308 g/mol. The van der Waals surface area contributed by atoms with Crippen LogP contribution in [0.3, 0.4) is 0 Å². The molecule has 2 aromatic rings. The summed E-state index contributed by atoms with van der Waals surface area (Å²) in [6, 6.07) is 11.9. The summed E-state index contributed by atoms with van der Waals surface area (Å²) >= 11 is 0. The first-order valence-electron chi connectivity index (χ1n) is 7.77. The number of nitrogens with zero attached hydrogens (tertiary/aromatic N) is 4. The summed E-state index contributed by atoms with van der Waals surface area (Å²) in [7, 11) is 0. The lowest BCUT2D eigenvalue weighted by Gasteiger charge is -2.36. The number of hydrogen-bond donors (Lipinski definition) is 0. The number of aryl methyl sites for hydroxylation is 1. The van der Waals surface area contributed by atoms with E-state index < -0.39 is 4.92 Å². The molecule has 7 nitrogen and oxygen atoms in total. The van der Waals surface area contributed by atoms with E-state index in [0.717, 1.165) is 11.4 Å². The van der Waals surface area contributed by atoms with Crippen LogP contribution in [0.1, 0.15) is 16.2 Å². The van der Waals surface area contributed by atoms with Crippen molar-refractivity contribution in [1.29, 1.82) is 0 Å². The number of benzene rings is 1. The second-order valence-corrected chi connectivity index (χ2v) is 5.72. The Bertz CT molecular complexity index is 753. The Hall–Kier alpha value is -2.96. The van der Waals surface area contributed by atoms with Gasteiger partial charge in [-0.3, -0.25) is 14.9 Å². The number of aromatic nitrogens is 1. The lowest BCUT2D eigenvalue weighted by atomic mass is 10.2. The number of carbonyl (C=O) groups excluding carboxylic acids is 1. The highest BCUT2D eigenvalue weighted by Gasteiger charge is 2.23. The van der Waals surface area contributed by atoms with Crippen molar-refractivity contribution >= 4 is 17.3 Å². The monoisotopic (exact) mass is 326 g/mol. The number of pyridine rings is 1. The molecule has 124 valence electrons. The Labute approximate surface area is 139 Å². The summed E-state index contributed by atoms with van der Waals surface area (Å²) in [5.41, 5.74) is 2.31. The number of piperazine rings is 1. The maximum atomic E-state index is 12.5. The number of rotatable bonds is 3. The van der Waals surface area contributed by atoms with Crippen LogP contribution in [0.25, 0.3) is 0 Å². The van der Waals surface area contributed by atoms with Gasteiger partial charge in [0.05, 0.1) is 4.92 Å². The maximum Gasteiger partial charge on any atom is 0.272 e. The van der Waals surface area contributed by atoms with Crippen molar-refractivity contribution in [2.24, 2.45) is 0 Å². The van der Waals surface area contributed by atoms with Crippen LogP contribution in [-0.4, -0.2) is 46.9 Å². The molecule has 0 bridgehead atoms. The molecule has 1 aromatic heterocycles. The third kappa shape index (κ3) is 3.34. The van der Waals surface area contributed by atoms with E-state index in [2.05, 4.69) is 9.88 Å². The lowest BCUT2D eigenvalue weighted by Crippen LogP contribution is -2.49. The predicted molar refractivity (Wildman–Crippen MR) is 90.2 cm³/mol. The third-order valence-electron chi connectivity index (χ3n) is 4.10. The zero-order chi connectivity index (χ0) is 17.1. The minimum Gasteiger partial charge on any atom is -0.368 e. The van der Waals surface area contributed by atoms with Crippen LogP contribution in [0.2, 0.25) is 0 Å². The summed E-state index contributed by atoms with van der Waals surface area (Å²) in [4.78, 5) is 31.0. The summed E-state index contributed by atoms with van der Waals surface area (Å²) in [5, 5.41) is 10.7. The van der Waals surface area contributed by atoms with Crippen molar-refractivity contribution in [1.82, 2.24) is 9.88 Å². The maximum absolute atomic E-state index is 12.5. The topological polar surface area (TPSA) is 79.6 Å². The molecular formula is C17H18N4O3. The van der Waals surface area contributed by atoms with Gasteiger partial charge in [0.1, 0.15) is 5.69 Å². The minimum absolute atomic E-state index is 0.0537. The quantitative estimate of drug-likeness (QED) is 0.638. The molecule has 3 rings (SSSR count). The average molecular weight is 326 g/mol. The zero-order valence-electron chi connectivity index (χ0n) is 13.4. The highest BCUT2D eigenvalue weighted by Crippen LogP contribution is 2.21. The molecule has 7 heteroatoms. The SMILES string of the molecule is Cc1cccc(C(=O)N2CCN(c3ccc([N+](=O)[O-])cc3)CC2)n1. The molecule has 0 atom stereocenters. The van der Waals surface area contributed by atoms with Crippen LogP contribution in [0.15, 0.2) is 42.5 Å². The van der Waals surface area contributed by atoms with Crippen molar-refractivity contribution in [3.05, 3.63) is 64.0 Å². The molecule has 0 unspecified atom stereocenters. The van der Waals surface area contributed by atoms with Gasteiger partial charge in [-0.05, 0) is 31.2 Å². The van der Waals surface area contributed by atoms with Gasteiger partial charge in [-0.2, -0.15) is 0 Å². The first kappa shape index (κ1) is 15.9. The van der Waals surface area contributed by atoms with Crippen molar-refractivity contribution in [3.8, 4) is 0 Å². The van der Waals surface area contributed by atoms with Crippen LogP contribution >= 0.6 is 0 Å². The molecule has 1 aromatic carbocycles. The minimum atomic E-state index is -0.408. The van der Waals surface area contributed by atoms with Crippen LogP contribution < -0.4 is 4.90 Å². The number of carbonyl (C=O) groups is 1. The van der Waals surface area contributed by atoms with Crippen molar-refractivity contribution in [3.63, 3.8) is 0 Å².